The van der Waals surface area contributed by atoms with E-state index in [2.05, 4.69) is 9.62 Å². The van der Waals surface area contributed by atoms with Crippen LogP contribution in [0.25, 0.3) is 0 Å². The molecule has 5 nitrogen and oxygen atoms in total. The van der Waals surface area contributed by atoms with Crippen LogP contribution in [0.15, 0.2) is 0 Å². The Morgan fingerprint density at radius 1 is 1.26 bits per heavy atom. The summed E-state index contributed by atoms with van der Waals surface area (Å²) in [4.78, 5) is 14.0. The summed E-state index contributed by atoms with van der Waals surface area (Å²) in [5.41, 5.74) is -0.498. The highest BCUT2D eigenvalue weighted by Crippen LogP contribution is 2.33. The van der Waals surface area contributed by atoms with Crippen molar-refractivity contribution in [3.63, 3.8) is 0 Å². The number of ketones is 1. The molecule has 0 aromatic heterocycles. The SMILES string of the molecule is CC(C)(CN1C2CCCC1CC(=O)C2)NS(C)(=O)=O. The number of carbonyl (C=O) groups is 1. The van der Waals surface area contributed by atoms with Crippen molar-refractivity contribution in [2.75, 3.05) is 12.8 Å². The first kappa shape index (κ1) is 14.9. The summed E-state index contributed by atoms with van der Waals surface area (Å²) in [5.74, 6) is 0.361. The van der Waals surface area contributed by atoms with Gasteiger partial charge in [0.1, 0.15) is 5.78 Å². The zero-order valence-corrected chi connectivity index (χ0v) is 12.8. The fourth-order valence-electron chi connectivity index (χ4n) is 3.52. The summed E-state index contributed by atoms with van der Waals surface area (Å²) in [6.07, 6.45) is 5.74. The molecule has 0 aromatic carbocycles. The normalized spacial score (nSPS) is 29.5. The van der Waals surface area contributed by atoms with Gasteiger partial charge in [0, 0.05) is 37.0 Å². The third kappa shape index (κ3) is 4.00. The molecule has 2 atom stereocenters. The fraction of sp³-hybridized carbons (Fsp3) is 0.923. The average Bonchev–Trinajstić information content (AvgIpc) is 2.14. The zero-order chi connectivity index (χ0) is 14.3. The van der Waals surface area contributed by atoms with Crippen LogP contribution in [0.2, 0.25) is 0 Å². The minimum absolute atomic E-state index is 0.306. The van der Waals surface area contributed by atoms with Crippen LogP contribution in [0, 0.1) is 0 Å². The number of Topliss-reactive ketones (excluding diaryl/α,β-unsaturated/α-hetero) is 1. The maximum Gasteiger partial charge on any atom is 0.209 e. The van der Waals surface area contributed by atoms with E-state index in [9.17, 15) is 13.2 Å². The Hall–Kier alpha value is -0.460. The monoisotopic (exact) mass is 288 g/mol. The van der Waals surface area contributed by atoms with Gasteiger partial charge >= 0.3 is 0 Å². The minimum atomic E-state index is -3.21. The first-order valence-electron chi connectivity index (χ1n) is 6.93. The summed E-state index contributed by atoms with van der Waals surface area (Å²) in [6.45, 7) is 4.48. The lowest BCUT2D eigenvalue weighted by atomic mass is 9.82. The highest BCUT2D eigenvalue weighted by atomic mass is 32.2. The smallest absolute Gasteiger partial charge is 0.209 e. The van der Waals surface area contributed by atoms with E-state index in [0.29, 0.717) is 37.3 Å². The minimum Gasteiger partial charge on any atom is -0.300 e. The molecule has 1 N–H and O–H groups in total. The van der Waals surface area contributed by atoms with Gasteiger partial charge in [-0.1, -0.05) is 6.42 Å². The van der Waals surface area contributed by atoms with Crippen molar-refractivity contribution in [3.8, 4) is 0 Å². The molecule has 0 radical (unpaired) electrons. The van der Waals surface area contributed by atoms with Gasteiger partial charge in [0.2, 0.25) is 10.0 Å². The summed E-state index contributed by atoms with van der Waals surface area (Å²) in [5, 5.41) is 0. The Kier molecular flexibility index (Phi) is 4.05. The predicted molar refractivity (Wildman–Crippen MR) is 74.4 cm³/mol. The second kappa shape index (κ2) is 5.14. The quantitative estimate of drug-likeness (QED) is 0.834. The maximum absolute atomic E-state index is 11.7. The van der Waals surface area contributed by atoms with Crippen molar-refractivity contribution in [1.82, 2.24) is 9.62 Å². The van der Waals surface area contributed by atoms with Crippen LogP contribution in [0.4, 0.5) is 0 Å². The van der Waals surface area contributed by atoms with Crippen molar-refractivity contribution < 1.29 is 13.2 Å². The van der Waals surface area contributed by atoms with Gasteiger partial charge in [-0.2, -0.15) is 0 Å². The lowest BCUT2D eigenvalue weighted by Gasteiger charge is -2.48. The van der Waals surface area contributed by atoms with Crippen LogP contribution in [-0.2, 0) is 14.8 Å². The number of hydrogen-bond donors (Lipinski definition) is 1. The lowest BCUT2D eigenvalue weighted by molar-refractivity contribution is -0.127. The van der Waals surface area contributed by atoms with Crippen molar-refractivity contribution >= 4 is 15.8 Å². The first-order chi connectivity index (χ1) is 8.66. The second-order valence-corrected chi connectivity index (χ2v) is 8.36. The summed E-state index contributed by atoms with van der Waals surface area (Å²) >= 11 is 0. The molecule has 0 aliphatic carbocycles. The Balaban J connectivity index is 2.07. The Labute approximate surface area is 115 Å². The van der Waals surface area contributed by atoms with E-state index in [-0.39, 0.29) is 0 Å². The molecule has 2 aliphatic rings. The largest absolute Gasteiger partial charge is 0.300 e. The Bertz CT molecular complexity index is 443. The molecule has 2 rings (SSSR count). The van der Waals surface area contributed by atoms with Gasteiger partial charge in [-0.25, -0.2) is 13.1 Å². The van der Waals surface area contributed by atoms with E-state index in [1.807, 2.05) is 13.8 Å². The third-order valence-electron chi connectivity index (χ3n) is 3.98. The number of nitrogens with zero attached hydrogens (tertiary/aromatic N) is 1. The molecule has 0 saturated carbocycles. The molecule has 2 heterocycles. The van der Waals surface area contributed by atoms with Gasteiger partial charge in [0.15, 0.2) is 0 Å². The molecule has 2 fully saturated rings. The lowest BCUT2D eigenvalue weighted by Crippen LogP contribution is -2.59. The summed E-state index contributed by atoms with van der Waals surface area (Å²) < 4.78 is 25.5. The van der Waals surface area contributed by atoms with E-state index in [4.69, 9.17) is 0 Å². The van der Waals surface area contributed by atoms with Gasteiger partial charge in [-0.15, -0.1) is 0 Å². The van der Waals surface area contributed by atoms with Crippen molar-refractivity contribution in [2.24, 2.45) is 0 Å². The molecule has 2 unspecified atom stereocenters. The number of carbonyl (C=O) groups excluding carboxylic acids is 1. The number of sulfonamides is 1. The number of nitrogens with one attached hydrogen (secondary N) is 1. The molecule has 110 valence electrons. The second-order valence-electron chi connectivity index (χ2n) is 6.62. The van der Waals surface area contributed by atoms with E-state index in [1.54, 1.807) is 0 Å². The van der Waals surface area contributed by atoms with Crippen LogP contribution in [0.3, 0.4) is 0 Å². The molecular formula is C13H24N2O3S. The van der Waals surface area contributed by atoms with Gasteiger partial charge in [-0.3, -0.25) is 9.69 Å². The van der Waals surface area contributed by atoms with E-state index in [1.165, 1.54) is 12.7 Å². The van der Waals surface area contributed by atoms with Gasteiger partial charge in [-0.05, 0) is 26.7 Å². The molecule has 0 amide bonds. The van der Waals surface area contributed by atoms with Crippen LogP contribution in [-0.4, -0.2) is 49.5 Å². The van der Waals surface area contributed by atoms with Crippen molar-refractivity contribution in [1.29, 1.82) is 0 Å². The molecule has 19 heavy (non-hydrogen) atoms. The van der Waals surface area contributed by atoms with E-state index >= 15 is 0 Å². The Morgan fingerprint density at radius 2 is 1.79 bits per heavy atom. The number of fused-ring (bicyclic) bond motifs is 2. The molecule has 2 bridgehead atoms. The van der Waals surface area contributed by atoms with Gasteiger partial charge < -0.3 is 0 Å². The number of hydrogen-bond acceptors (Lipinski definition) is 4. The van der Waals surface area contributed by atoms with Gasteiger partial charge in [0.25, 0.3) is 0 Å². The Morgan fingerprint density at radius 3 is 2.26 bits per heavy atom. The highest BCUT2D eigenvalue weighted by molar-refractivity contribution is 7.88. The molecule has 0 aromatic rings. The van der Waals surface area contributed by atoms with Crippen LogP contribution < -0.4 is 4.72 Å². The topological polar surface area (TPSA) is 66.5 Å². The van der Waals surface area contributed by atoms with Gasteiger partial charge in [0.05, 0.1) is 6.26 Å². The number of piperidine rings is 2. The molecule has 2 saturated heterocycles. The standard InChI is InChI=1S/C13H24N2O3S/c1-13(2,14-19(3,17)18)9-15-10-5-4-6-11(15)8-12(16)7-10/h10-11,14H,4-9H2,1-3H3. The summed E-state index contributed by atoms with van der Waals surface area (Å²) in [6, 6.07) is 0.612. The van der Waals surface area contributed by atoms with Crippen molar-refractivity contribution in [2.45, 2.75) is 63.6 Å². The molecule has 6 heteroatoms. The summed E-state index contributed by atoms with van der Waals surface area (Å²) in [7, 11) is -3.21. The fourth-order valence-corrected chi connectivity index (χ4v) is 4.58. The number of rotatable bonds is 4. The third-order valence-corrected chi connectivity index (χ3v) is 4.90. The van der Waals surface area contributed by atoms with Crippen LogP contribution in [0.1, 0.15) is 46.0 Å². The predicted octanol–water partition coefficient (Wildman–Crippen LogP) is 0.900. The van der Waals surface area contributed by atoms with E-state index in [0.717, 1.165) is 12.8 Å². The average molecular weight is 288 g/mol. The zero-order valence-electron chi connectivity index (χ0n) is 12.0. The molecule has 2 aliphatic heterocycles. The van der Waals surface area contributed by atoms with Crippen molar-refractivity contribution in [3.05, 3.63) is 0 Å². The van der Waals surface area contributed by atoms with Crippen LogP contribution in [0.5, 0.6) is 0 Å². The first-order valence-corrected chi connectivity index (χ1v) is 8.82. The molecular weight excluding hydrogens is 264 g/mol. The molecule has 0 spiro atoms. The van der Waals surface area contributed by atoms with Crippen LogP contribution >= 0.6 is 0 Å². The highest BCUT2D eigenvalue weighted by Gasteiger charge is 2.40. The van der Waals surface area contributed by atoms with E-state index < -0.39 is 15.6 Å². The maximum atomic E-state index is 11.7.